The summed E-state index contributed by atoms with van der Waals surface area (Å²) in [6, 6.07) is 0. The second-order valence-electron chi connectivity index (χ2n) is 4.05. The highest BCUT2D eigenvalue weighted by atomic mass is 16.5. The largest absolute Gasteiger partial charge is 0.392 e. The van der Waals surface area contributed by atoms with E-state index in [4.69, 9.17) is 4.52 Å². The van der Waals surface area contributed by atoms with Gasteiger partial charge >= 0.3 is 0 Å². The summed E-state index contributed by atoms with van der Waals surface area (Å²) in [6.07, 6.45) is 4.95. The molecule has 0 spiro atoms. The lowest BCUT2D eigenvalue weighted by Gasteiger charge is -2.14. The van der Waals surface area contributed by atoms with E-state index >= 15 is 0 Å². The Bertz CT molecular complexity index is 292. The molecule has 0 radical (unpaired) electrons. The maximum absolute atomic E-state index is 9.88. The van der Waals surface area contributed by atoms with Gasteiger partial charge in [0, 0.05) is 0 Å². The first-order valence-electron chi connectivity index (χ1n) is 5.23. The van der Waals surface area contributed by atoms with Gasteiger partial charge in [0.15, 0.2) is 5.82 Å². The first-order valence-corrected chi connectivity index (χ1v) is 5.23. The molecule has 14 heavy (non-hydrogen) atoms. The lowest BCUT2D eigenvalue weighted by Crippen LogP contribution is -2.20. The fourth-order valence-electron chi connectivity index (χ4n) is 2.11. The van der Waals surface area contributed by atoms with Gasteiger partial charge in [0.05, 0.1) is 12.5 Å². The fraction of sp³-hybridized carbons (Fsp3) is 0.800. The van der Waals surface area contributed by atoms with Gasteiger partial charge in [-0.25, -0.2) is 0 Å². The van der Waals surface area contributed by atoms with Crippen LogP contribution in [0.3, 0.4) is 0 Å². The monoisotopic (exact) mass is 196 g/mol. The third kappa shape index (κ3) is 2.12. The van der Waals surface area contributed by atoms with Crippen molar-refractivity contribution >= 4 is 0 Å². The first-order chi connectivity index (χ1) is 6.75. The van der Waals surface area contributed by atoms with Crippen LogP contribution in [0.4, 0.5) is 0 Å². The zero-order chi connectivity index (χ0) is 9.97. The molecule has 78 valence electrons. The van der Waals surface area contributed by atoms with Crippen LogP contribution in [-0.2, 0) is 6.42 Å². The molecule has 0 aliphatic heterocycles. The van der Waals surface area contributed by atoms with E-state index in [0.29, 0.717) is 24.1 Å². The highest BCUT2D eigenvalue weighted by Crippen LogP contribution is 2.28. The van der Waals surface area contributed by atoms with E-state index in [9.17, 15) is 5.11 Å². The molecule has 0 aromatic carbocycles. The maximum Gasteiger partial charge on any atom is 0.229 e. The first kappa shape index (κ1) is 9.65. The molecule has 2 rings (SSSR count). The van der Waals surface area contributed by atoms with Crippen molar-refractivity contribution in [2.75, 3.05) is 0 Å². The van der Waals surface area contributed by atoms with Gasteiger partial charge in [-0.15, -0.1) is 0 Å². The highest BCUT2D eigenvalue weighted by Gasteiger charge is 2.24. The smallest absolute Gasteiger partial charge is 0.229 e. The Labute approximate surface area is 83.3 Å². The maximum atomic E-state index is 9.88. The van der Waals surface area contributed by atoms with Crippen molar-refractivity contribution in [2.24, 2.45) is 5.92 Å². The molecule has 1 aliphatic rings. The topological polar surface area (TPSA) is 59.2 Å². The van der Waals surface area contributed by atoms with Gasteiger partial charge in [-0.3, -0.25) is 0 Å². The molecule has 0 saturated heterocycles. The summed E-state index contributed by atoms with van der Waals surface area (Å²) in [5.41, 5.74) is 0. The number of aryl methyl sites for hydroxylation is 1. The van der Waals surface area contributed by atoms with Gasteiger partial charge in [-0.05, 0) is 25.7 Å². The van der Waals surface area contributed by atoms with E-state index in [0.717, 1.165) is 12.8 Å². The number of aromatic nitrogens is 2. The van der Waals surface area contributed by atoms with Crippen molar-refractivity contribution in [2.45, 2.75) is 45.1 Å². The van der Waals surface area contributed by atoms with Crippen LogP contribution < -0.4 is 0 Å². The normalized spacial score (nSPS) is 20.1. The van der Waals surface area contributed by atoms with Crippen molar-refractivity contribution in [3.63, 3.8) is 0 Å². The molecule has 4 nitrogen and oxygen atoms in total. The lowest BCUT2D eigenvalue weighted by atomic mass is 9.98. The van der Waals surface area contributed by atoms with Crippen molar-refractivity contribution in [1.29, 1.82) is 0 Å². The number of aliphatic hydroxyl groups excluding tert-OH is 1. The van der Waals surface area contributed by atoms with E-state index < -0.39 is 0 Å². The molecule has 4 heteroatoms. The molecule has 0 amide bonds. The van der Waals surface area contributed by atoms with Gasteiger partial charge in [0.1, 0.15) is 0 Å². The molecule has 1 unspecified atom stereocenters. The minimum absolute atomic E-state index is 0.308. The van der Waals surface area contributed by atoms with Gasteiger partial charge < -0.3 is 9.63 Å². The third-order valence-electron chi connectivity index (χ3n) is 2.90. The van der Waals surface area contributed by atoms with Gasteiger partial charge in [0.25, 0.3) is 0 Å². The van der Waals surface area contributed by atoms with Crippen molar-refractivity contribution in [3.05, 3.63) is 11.7 Å². The van der Waals surface area contributed by atoms with E-state index in [-0.39, 0.29) is 6.10 Å². The Morgan fingerprint density at radius 3 is 2.79 bits per heavy atom. The number of hydrogen-bond acceptors (Lipinski definition) is 4. The van der Waals surface area contributed by atoms with Crippen LogP contribution in [0.1, 0.15) is 37.4 Å². The molecule has 1 heterocycles. The second kappa shape index (κ2) is 4.09. The van der Waals surface area contributed by atoms with Crippen LogP contribution >= 0.6 is 0 Å². The molecule has 1 atom stereocenters. The molecule has 1 N–H and O–H groups in total. The van der Waals surface area contributed by atoms with Crippen molar-refractivity contribution < 1.29 is 9.63 Å². The van der Waals surface area contributed by atoms with Crippen LogP contribution in [0.15, 0.2) is 4.52 Å². The zero-order valence-corrected chi connectivity index (χ0v) is 8.44. The van der Waals surface area contributed by atoms with Crippen LogP contribution in [0.5, 0.6) is 0 Å². The summed E-state index contributed by atoms with van der Waals surface area (Å²) >= 11 is 0. The summed E-state index contributed by atoms with van der Waals surface area (Å²) in [6.45, 7) is 1.79. The summed E-state index contributed by atoms with van der Waals surface area (Å²) in [4.78, 5) is 4.08. The SMILES string of the molecule is Cc1noc(CC(O)C2CCCC2)n1. The van der Waals surface area contributed by atoms with Gasteiger partial charge in [-0.1, -0.05) is 18.0 Å². The van der Waals surface area contributed by atoms with Gasteiger partial charge in [0.2, 0.25) is 5.89 Å². The van der Waals surface area contributed by atoms with Crippen LogP contribution in [0.2, 0.25) is 0 Å². The Hall–Kier alpha value is -0.900. The van der Waals surface area contributed by atoms with Crippen molar-refractivity contribution in [1.82, 2.24) is 10.1 Å². The highest BCUT2D eigenvalue weighted by molar-refractivity contribution is 4.88. The van der Waals surface area contributed by atoms with E-state index in [2.05, 4.69) is 10.1 Å². The Kier molecular flexibility index (Phi) is 2.82. The van der Waals surface area contributed by atoms with Crippen LogP contribution in [0.25, 0.3) is 0 Å². The zero-order valence-electron chi connectivity index (χ0n) is 8.44. The molecule has 1 aliphatic carbocycles. The van der Waals surface area contributed by atoms with Gasteiger partial charge in [-0.2, -0.15) is 4.98 Å². The predicted octanol–water partition coefficient (Wildman–Crippen LogP) is 1.47. The fourth-order valence-corrected chi connectivity index (χ4v) is 2.11. The molecule has 1 saturated carbocycles. The molecule has 0 bridgehead atoms. The Morgan fingerprint density at radius 1 is 1.50 bits per heavy atom. The molecule has 1 aromatic rings. The molecular formula is C10H16N2O2. The summed E-state index contributed by atoms with van der Waals surface area (Å²) in [5.74, 6) is 1.63. The predicted molar refractivity (Wildman–Crippen MR) is 50.7 cm³/mol. The third-order valence-corrected chi connectivity index (χ3v) is 2.90. The summed E-state index contributed by atoms with van der Waals surface area (Å²) in [5, 5.41) is 13.6. The van der Waals surface area contributed by atoms with Crippen LogP contribution in [-0.4, -0.2) is 21.4 Å². The lowest BCUT2D eigenvalue weighted by molar-refractivity contribution is 0.102. The summed E-state index contributed by atoms with van der Waals surface area (Å²) < 4.78 is 4.97. The number of hydrogen-bond donors (Lipinski definition) is 1. The Balaban J connectivity index is 1.90. The molecule has 1 aromatic heterocycles. The minimum atomic E-state index is -0.308. The number of aliphatic hydroxyl groups is 1. The number of nitrogens with zero attached hydrogens (tertiary/aromatic N) is 2. The quantitative estimate of drug-likeness (QED) is 0.795. The van der Waals surface area contributed by atoms with Crippen molar-refractivity contribution in [3.8, 4) is 0 Å². The van der Waals surface area contributed by atoms with Crippen LogP contribution in [0, 0.1) is 12.8 Å². The average Bonchev–Trinajstić information content (AvgIpc) is 2.75. The van der Waals surface area contributed by atoms with E-state index in [1.54, 1.807) is 6.92 Å². The average molecular weight is 196 g/mol. The summed E-state index contributed by atoms with van der Waals surface area (Å²) in [7, 11) is 0. The van der Waals surface area contributed by atoms with E-state index in [1.165, 1.54) is 12.8 Å². The minimum Gasteiger partial charge on any atom is -0.392 e. The second-order valence-corrected chi connectivity index (χ2v) is 4.05. The molecular weight excluding hydrogens is 180 g/mol. The van der Waals surface area contributed by atoms with E-state index in [1.807, 2.05) is 0 Å². The molecule has 1 fully saturated rings. The Morgan fingerprint density at radius 2 is 2.21 bits per heavy atom. The number of rotatable bonds is 3. The standard InChI is InChI=1S/C10H16N2O2/c1-7-11-10(14-12-7)6-9(13)8-4-2-3-5-8/h8-9,13H,2-6H2,1H3.